The third-order valence-corrected chi connectivity index (χ3v) is 3.30. The maximum Gasteiger partial charge on any atom is 0.416 e. The van der Waals surface area contributed by atoms with Crippen LogP contribution in [0.25, 0.3) is 0 Å². The fraction of sp³-hybridized carbons (Fsp3) is 0.429. The fourth-order valence-corrected chi connectivity index (χ4v) is 2.24. The van der Waals surface area contributed by atoms with E-state index in [4.69, 9.17) is 0 Å². The van der Waals surface area contributed by atoms with Gasteiger partial charge in [0, 0.05) is 13.1 Å². The van der Waals surface area contributed by atoms with Crippen molar-refractivity contribution in [2.45, 2.75) is 18.6 Å². The van der Waals surface area contributed by atoms with E-state index in [1.54, 1.807) is 0 Å². The molecular formula is C14H16F3N3O2. The smallest absolute Gasteiger partial charge is 0.354 e. The molecule has 1 aromatic rings. The van der Waals surface area contributed by atoms with E-state index in [1.165, 1.54) is 18.2 Å². The van der Waals surface area contributed by atoms with Gasteiger partial charge in [-0.25, -0.2) is 0 Å². The maximum absolute atomic E-state index is 12.8. The molecule has 0 radical (unpaired) electrons. The Morgan fingerprint density at radius 2 is 2.05 bits per heavy atom. The summed E-state index contributed by atoms with van der Waals surface area (Å²) in [6.07, 6.45) is -4.35. The van der Waals surface area contributed by atoms with E-state index in [1.807, 2.05) is 0 Å². The quantitative estimate of drug-likeness (QED) is 0.756. The normalized spacial score (nSPS) is 18.7. The monoisotopic (exact) mass is 315 g/mol. The lowest BCUT2D eigenvalue weighted by molar-refractivity contribution is -0.138. The SMILES string of the molecule is O=C1CNCC(C(=O)NCCc2ccccc2C(F)(F)F)N1. The van der Waals surface area contributed by atoms with Crippen molar-refractivity contribution in [2.75, 3.05) is 19.6 Å². The predicted octanol–water partition coefficient (Wildman–Crippen LogP) is 0.452. The summed E-state index contributed by atoms with van der Waals surface area (Å²) in [7, 11) is 0. The second kappa shape index (κ2) is 6.78. The number of halogens is 3. The largest absolute Gasteiger partial charge is 0.416 e. The Morgan fingerprint density at radius 1 is 1.32 bits per heavy atom. The number of benzene rings is 1. The van der Waals surface area contributed by atoms with Crippen molar-refractivity contribution >= 4 is 11.8 Å². The molecular weight excluding hydrogens is 299 g/mol. The van der Waals surface area contributed by atoms with Crippen molar-refractivity contribution in [1.29, 1.82) is 0 Å². The lowest BCUT2D eigenvalue weighted by atomic mass is 10.0. The Labute approximate surface area is 125 Å². The van der Waals surface area contributed by atoms with Crippen LogP contribution in [-0.2, 0) is 22.2 Å². The van der Waals surface area contributed by atoms with Gasteiger partial charge in [0.05, 0.1) is 12.1 Å². The van der Waals surface area contributed by atoms with Gasteiger partial charge in [0.2, 0.25) is 11.8 Å². The first kappa shape index (κ1) is 16.3. The zero-order valence-electron chi connectivity index (χ0n) is 11.7. The number of piperazine rings is 1. The second-order valence-corrected chi connectivity index (χ2v) is 4.95. The lowest BCUT2D eigenvalue weighted by Gasteiger charge is -2.23. The first-order chi connectivity index (χ1) is 10.4. The Hall–Kier alpha value is -2.09. The van der Waals surface area contributed by atoms with Gasteiger partial charge >= 0.3 is 6.18 Å². The minimum absolute atomic E-state index is 0.0650. The molecule has 1 fully saturated rings. The molecule has 3 N–H and O–H groups in total. The molecule has 0 aliphatic carbocycles. The highest BCUT2D eigenvalue weighted by Crippen LogP contribution is 2.31. The summed E-state index contributed by atoms with van der Waals surface area (Å²) in [5.41, 5.74) is -0.571. The van der Waals surface area contributed by atoms with Gasteiger partial charge in [-0.1, -0.05) is 18.2 Å². The number of rotatable bonds is 4. The van der Waals surface area contributed by atoms with Crippen molar-refractivity contribution in [1.82, 2.24) is 16.0 Å². The number of alkyl halides is 3. The average molecular weight is 315 g/mol. The van der Waals surface area contributed by atoms with Crippen molar-refractivity contribution in [3.05, 3.63) is 35.4 Å². The molecule has 1 aliphatic heterocycles. The third kappa shape index (κ3) is 4.20. The zero-order chi connectivity index (χ0) is 16.2. The van der Waals surface area contributed by atoms with Crippen LogP contribution in [0.1, 0.15) is 11.1 Å². The van der Waals surface area contributed by atoms with Gasteiger partial charge in [-0.05, 0) is 18.1 Å². The van der Waals surface area contributed by atoms with Crippen molar-refractivity contribution in [2.24, 2.45) is 0 Å². The lowest BCUT2D eigenvalue weighted by Crippen LogP contribution is -2.58. The summed E-state index contributed by atoms with van der Waals surface area (Å²) >= 11 is 0. The first-order valence-electron chi connectivity index (χ1n) is 6.81. The van der Waals surface area contributed by atoms with Crippen LogP contribution >= 0.6 is 0 Å². The molecule has 2 amide bonds. The fourth-order valence-electron chi connectivity index (χ4n) is 2.24. The Bertz CT molecular complexity index is 561. The summed E-state index contributed by atoms with van der Waals surface area (Å²) < 4.78 is 38.5. The van der Waals surface area contributed by atoms with E-state index in [0.717, 1.165) is 6.07 Å². The number of carbonyl (C=O) groups is 2. The van der Waals surface area contributed by atoms with E-state index in [0.29, 0.717) is 6.54 Å². The molecule has 8 heteroatoms. The summed E-state index contributed by atoms with van der Waals surface area (Å²) in [5, 5.41) is 7.83. The van der Waals surface area contributed by atoms with Crippen LogP contribution in [0.2, 0.25) is 0 Å². The average Bonchev–Trinajstić information content (AvgIpc) is 2.46. The Kier molecular flexibility index (Phi) is 5.02. The summed E-state index contributed by atoms with van der Waals surface area (Å²) in [5.74, 6) is -0.696. The minimum atomic E-state index is -4.41. The predicted molar refractivity (Wildman–Crippen MR) is 73.0 cm³/mol. The standard InChI is InChI=1S/C14H16F3N3O2/c15-14(16,17)10-4-2-1-3-9(10)5-6-19-13(22)11-7-18-8-12(21)20-11/h1-4,11,18H,5-8H2,(H,19,22)(H,20,21). The van der Waals surface area contributed by atoms with Crippen molar-refractivity contribution < 1.29 is 22.8 Å². The molecule has 1 aromatic carbocycles. The molecule has 1 saturated heterocycles. The maximum atomic E-state index is 12.8. The molecule has 1 aliphatic rings. The van der Waals surface area contributed by atoms with Crippen LogP contribution in [0.5, 0.6) is 0 Å². The molecule has 1 unspecified atom stereocenters. The van der Waals surface area contributed by atoms with Gasteiger partial charge in [0.1, 0.15) is 6.04 Å². The third-order valence-electron chi connectivity index (χ3n) is 3.30. The molecule has 5 nitrogen and oxygen atoms in total. The molecule has 2 rings (SSSR count). The summed E-state index contributed by atoms with van der Waals surface area (Å²) in [6, 6.07) is 4.56. The number of hydrogen-bond donors (Lipinski definition) is 3. The van der Waals surface area contributed by atoms with Crippen LogP contribution in [0.3, 0.4) is 0 Å². The molecule has 0 aromatic heterocycles. The molecule has 0 saturated carbocycles. The van der Waals surface area contributed by atoms with Crippen LogP contribution in [0, 0.1) is 0 Å². The van der Waals surface area contributed by atoms with E-state index in [-0.39, 0.29) is 31.0 Å². The van der Waals surface area contributed by atoms with Gasteiger partial charge in [0.15, 0.2) is 0 Å². The van der Waals surface area contributed by atoms with E-state index >= 15 is 0 Å². The Balaban J connectivity index is 1.89. The van der Waals surface area contributed by atoms with E-state index in [9.17, 15) is 22.8 Å². The van der Waals surface area contributed by atoms with Gasteiger partial charge in [0.25, 0.3) is 0 Å². The molecule has 0 bridgehead atoms. The van der Waals surface area contributed by atoms with Gasteiger partial charge in [-0.3, -0.25) is 9.59 Å². The molecule has 1 heterocycles. The van der Waals surface area contributed by atoms with Gasteiger partial charge in [-0.2, -0.15) is 13.2 Å². The van der Waals surface area contributed by atoms with Crippen LogP contribution in [0.15, 0.2) is 24.3 Å². The zero-order valence-corrected chi connectivity index (χ0v) is 11.7. The first-order valence-corrected chi connectivity index (χ1v) is 6.81. The summed E-state index contributed by atoms with van der Waals surface area (Å²) in [4.78, 5) is 23.0. The van der Waals surface area contributed by atoms with Crippen LogP contribution < -0.4 is 16.0 Å². The number of hydrogen-bond acceptors (Lipinski definition) is 3. The number of amides is 2. The van der Waals surface area contributed by atoms with Crippen LogP contribution in [0.4, 0.5) is 13.2 Å². The van der Waals surface area contributed by atoms with Crippen molar-refractivity contribution in [3.63, 3.8) is 0 Å². The van der Waals surface area contributed by atoms with Crippen molar-refractivity contribution in [3.8, 4) is 0 Å². The number of nitrogens with one attached hydrogen (secondary N) is 3. The highest BCUT2D eigenvalue weighted by atomic mass is 19.4. The van der Waals surface area contributed by atoms with Gasteiger partial charge in [-0.15, -0.1) is 0 Å². The highest BCUT2D eigenvalue weighted by Gasteiger charge is 2.32. The number of carbonyl (C=O) groups excluding carboxylic acids is 2. The summed E-state index contributed by atoms with van der Waals surface area (Å²) in [6.45, 7) is 0.526. The Morgan fingerprint density at radius 3 is 2.73 bits per heavy atom. The highest BCUT2D eigenvalue weighted by molar-refractivity contribution is 5.89. The molecule has 22 heavy (non-hydrogen) atoms. The topological polar surface area (TPSA) is 70.2 Å². The van der Waals surface area contributed by atoms with E-state index < -0.39 is 23.7 Å². The molecule has 120 valence electrons. The van der Waals surface area contributed by atoms with E-state index in [2.05, 4.69) is 16.0 Å². The van der Waals surface area contributed by atoms with Gasteiger partial charge < -0.3 is 16.0 Å². The minimum Gasteiger partial charge on any atom is -0.354 e. The van der Waals surface area contributed by atoms with Crippen LogP contribution in [-0.4, -0.2) is 37.5 Å². The molecule has 0 spiro atoms. The second-order valence-electron chi connectivity index (χ2n) is 4.95. The molecule has 1 atom stereocenters.